The van der Waals surface area contributed by atoms with Crippen molar-refractivity contribution in [1.82, 2.24) is 0 Å². The second-order valence-electron chi connectivity index (χ2n) is 4.47. The van der Waals surface area contributed by atoms with E-state index in [4.69, 9.17) is 5.73 Å². The molecule has 1 aliphatic heterocycles. The Morgan fingerprint density at radius 1 is 1.06 bits per heavy atom. The summed E-state index contributed by atoms with van der Waals surface area (Å²) >= 11 is 0. The van der Waals surface area contributed by atoms with Gasteiger partial charge in [0.25, 0.3) is 0 Å². The zero-order chi connectivity index (χ0) is 12.5. The Morgan fingerprint density at radius 3 is 2.44 bits per heavy atom. The first-order chi connectivity index (χ1) is 8.77. The van der Waals surface area contributed by atoms with Crippen LogP contribution in [-0.2, 0) is 0 Å². The van der Waals surface area contributed by atoms with Crippen LogP contribution in [0.3, 0.4) is 0 Å². The highest BCUT2D eigenvalue weighted by Crippen LogP contribution is 2.39. The van der Waals surface area contributed by atoms with E-state index in [1.807, 2.05) is 36.4 Å². The molecule has 0 saturated heterocycles. The lowest BCUT2D eigenvalue weighted by molar-refractivity contribution is 0.254. The topological polar surface area (TPSA) is 46.3 Å². The van der Waals surface area contributed by atoms with Gasteiger partial charge in [-0.3, -0.25) is 4.90 Å². The fraction of sp³-hybridized carbons (Fsp3) is 0.133. The van der Waals surface area contributed by atoms with Gasteiger partial charge >= 0.3 is 6.03 Å². The van der Waals surface area contributed by atoms with E-state index in [0.717, 1.165) is 5.69 Å². The lowest BCUT2D eigenvalue weighted by atomic mass is 9.93. The molecule has 18 heavy (non-hydrogen) atoms. The molecule has 3 rings (SSSR count). The Morgan fingerprint density at radius 2 is 1.72 bits per heavy atom. The molecule has 1 unspecified atom stereocenters. The first-order valence-corrected chi connectivity index (χ1v) is 5.98. The summed E-state index contributed by atoms with van der Waals surface area (Å²) in [5.41, 5.74) is 8.75. The largest absolute Gasteiger partial charge is 0.351 e. The summed E-state index contributed by atoms with van der Waals surface area (Å²) < 4.78 is 0. The maximum absolute atomic E-state index is 11.5. The van der Waals surface area contributed by atoms with E-state index in [1.165, 1.54) is 11.1 Å². The van der Waals surface area contributed by atoms with Gasteiger partial charge < -0.3 is 5.73 Å². The number of nitrogens with two attached hydrogens (primary N) is 1. The van der Waals surface area contributed by atoms with E-state index in [-0.39, 0.29) is 11.9 Å². The van der Waals surface area contributed by atoms with Crippen LogP contribution in [-0.4, -0.2) is 12.6 Å². The van der Waals surface area contributed by atoms with Gasteiger partial charge in [0, 0.05) is 18.2 Å². The number of carbonyl (C=O) groups is 1. The summed E-state index contributed by atoms with van der Waals surface area (Å²) in [4.78, 5) is 13.1. The molecule has 0 fully saturated rings. The third-order valence-corrected chi connectivity index (χ3v) is 3.44. The van der Waals surface area contributed by atoms with Crippen LogP contribution in [0.25, 0.3) is 0 Å². The van der Waals surface area contributed by atoms with Crippen molar-refractivity contribution in [3.63, 3.8) is 0 Å². The zero-order valence-electron chi connectivity index (χ0n) is 9.91. The quantitative estimate of drug-likeness (QED) is 0.815. The van der Waals surface area contributed by atoms with Gasteiger partial charge in [-0.25, -0.2) is 4.79 Å². The number of para-hydroxylation sites is 1. The van der Waals surface area contributed by atoms with Crippen LogP contribution < -0.4 is 10.6 Å². The molecule has 3 nitrogen and oxygen atoms in total. The van der Waals surface area contributed by atoms with Crippen molar-refractivity contribution in [1.29, 1.82) is 0 Å². The molecule has 0 aliphatic carbocycles. The highest BCUT2D eigenvalue weighted by atomic mass is 16.2. The predicted molar refractivity (Wildman–Crippen MR) is 71.7 cm³/mol. The van der Waals surface area contributed by atoms with Crippen LogP contribution in [0, 0.1) is 0 Å². The van der Waals surface area contributed by atoms with Gasteiger partial charge in [0.05, 0.1) is 0 Å². The number of benzene rings is 2. The molecule has 0 saturated carbocycles. The number of primary amides is 1. The summed E-state index contributed by atoms with van der Waals surface area (Å²) in [7, 11) is 0. The molecule has 0 aromatic heterocycles. The van der Waals surface area contributed by atoms with Gasteiger partial charge in [-0.1, -0.05) is 48.5 Å². The molecule has 2 aromatic rings. The minimum atomic E-state index is -0.388. The van der Waals surface area contributed by atoms with E-state index in [2.05, 4.69) is 18.2 Å². The third kappa shape index (κ3) is 1.64. The minimum absolute atomic E-state index is 0.218. The summed E-state index contributed by atoms with van der Waals surface area (Å²) in [5, 5.41) is 0. The Labute approximate surface area is 106 Å². The average Bonchev–Trinajstić information content (AvgIpc) is 2.79. The number of rotatable bonds is 1. The van der Waals surface area contributed by atoms with E-state index in [1.54, 1.807) is 4.90 Å². The predicted octanol–water partition coefficient (Wildman–Crippen LogP) is 2.72. The number of amides is 2. The highest BCUT2D eigenvalue weighted by Gasteiger charge is 2.31. The number of fused-ring (bicyclic) bond motifs is 1. The van der Waals surface area contributed by atoms with Crippen molar-refractivity contribution in [3.8, 4) is 0 Å². The molecule has 3 heteroatoms. The van der Waals surface area contributed by atoms with Gasteiger partial charge in [0.15, 0.2) is 0 Å². The van der Waals surface area contributed by atoms with E-state index < -0.39 is 0 Å². The molecule has 0 radical (unpaired) electrons. The molecule has 1 heterocycles. The summed E-state index contributed by atoms with van der Waals surface area (Å²) in [6.07, 6.45) is 0. The highest BCUT2D eigenvalue weighted by molar-refractivity contribution is 5.93. The molecular weight excluding hydrogens is 224 g/mol. The van der Waals surface area contributed by atoms with Gasteiger partial charge in [0.2, 0.25) is 0 Å². The van der Waals surface area contributed by atoms with Crippen molar-refractivity contribution in [3.05, 3.63) is 65.7 Å². The Balaban J connectivity index is 2.08. The smallest absolute Gasteiger partial charge is 0.319 e. The van der Waals surface area contributed by atoms with Crippen LogP contribution >= 0.6 is 0 Å². The molecule has 0 spiro atoms. The van der Waals surface area contributed by atoms with Crippen molar-refractivity contribution >= 4 is 11.7 Å². The minimum Gasteiger partial charge on any atom is -0.351 e. The van der Waals surface area contributed by atoms with Crippen molar-refractivity contribution in [2.24, 2.45) is 5.73 Å². The lowest BCUT2D eigenvalue weighted by Crippen LogP contribution is -2.34. The molecule has 90 valence electrons. The number of anilines is 1. The van der Waals surface area contributed by atoms with Crippen molar-refractivity contribution in [2.45, 2.75) is 5.92 Å². The number of hydrogen-bond acceptors (Lipinski definition) is 1. The standard InChI is InChI=1S/C15H14N2O/c16-15(18)17-10-13(11-6-2-1-3-7-11)12-8-4-5-9-14(12)17/h1-9,13H,10H2,(H2,16,18). The molecular formula is C15H14N2O. The van der Waals surface area contributed by atoms with E-state index in [9.17, 15) is 4.79 Å². The first-order valence-electron chi connectivity index (χ1n) is 5.98. The normalized spacial score (nSPS) is 17.6. The first kappa shape index (κ1) is 10.8. The fourth-order valence-electron chi connectivity index (χ4n) is 2.59. The van der Waals surface area contributed by atoms with E-state index in [0.29, 0.717) is 6.54 Å². The number of carbonyl (C=O) groups excluding carboxylic acids is 1. The van der Waals surface area contributed by atoms with Crippen LogP contribution in [0.15, 0.2) is 54.6 Å². The fourth-order valence-corrected chi connectivity index (χ4v) is 2.59. The van der Waals surface area contributed by atoms with Gasteiger partial charge in [0.1, 0.15) is 0 Å². The van der Waals surface area contributed by atoms with Crippen molar-refractivity contribution < 1.29 is 4.79 Å². The molecule has 2 aromatic carbocycles. The maximum Gasteiger partial charge on any atom is 0.319 e. The monoisotopic (exact) mass is 238 g/mol. The van der Waals surface area contributed by atoms with Crippen LogP contribution in [0.5, 0.6) is 0 Å². The lowest BCUT2D eigenvalue weighted by Gasteiger charge is -2.14. The number of urea groups is 1. The zero-order valence-corrected chi connectivity index (χ0v) is 9.91. The maximum atomic E-state index is 11.5. The Kier molecular flexibility index (Phi) is 2.52. The SMILES string of the molecule is NC(=O)N1CC(c2ccccc2)c2ccccc21. The van der Waals surface area contributed by atoms with Gasteiger partial charge in [-0.2, -0.15) is 0 Å². The molecule has 2 N–H and O–H groups in total. The second-order valence-corrected chi connectivity index (χ2v) is 4.47. The summed E-state index contributed by atoms with van der Waals surface area (Å²) in [5.74, 6) is 0.218. The van der Waals surface area contributed by atoms with Crippen LogP contribution in [0.2, 0.25) is 0 Å². The number of hydrogen-bond donors (Lipinski definition) is 1. The molecule has 1 aliphatic rings. The molecule has 1 atom stereocenters. The number of nitrogens with zero attached hydrogens (tertiary/aromatic N) is 1. The van der Waals surface area contributed by atoms with Crippen molar-refractivity contribution in [2.75, 3.05) is 11.4 Å². The average molecular weight is 238 g/mol. The third-order valence-electron chi connectivity index (χ3n) is 3.44. The second kappa shape index (κ2) is 4.18. The molecule has 2 amide bonds. The van der Waals surface area contributed by atoms with E-state index >= 15 is 0 Å². The van der Waals surface area contributed by atoms with Gasteiger partial charge in [-0.15, -0.1) is 0 Å². The summed E-state index contributed by atoms with van der Waals surface area (Å²) in [6.45, 7) is 0.624. The van der Waals surface area contributed by atoms with Gasteiger partial charge in [-0.05, 0) is 17.2 Å². The Bertz CT molecular complexity index is 580. The summed E-state index contributed by atoms with van der Waals surface area (Å²) in [6, 6.07) is 17.8. The Hall–Kier alpha value is -2.29. The van der Waals surface area contributed by atoms with Crippen LogP contribution in [0.4, 0.5) is 10.5 Å². The molecule has 0 bridgehead atoms. The van der Waals surface area contributed by atoms with Crippen LogP contribution in [0.1, 0.15) is 17.0 Å².